The van der Waals surface area contributed by atoms with E-state index in [-0.39, 0.29) is 24.5 Å². The third kappa shape index (κ3) is 7.16. The second-order valence-electron chi connectivity index (χ2n) is 6.75. The summed E-state index contributed by atoms with van der Waals surface area (Å²) in [6.45, 7) is 10.3. The SMILES string of the molecule is CCC(C)C(C)NC(=O)[C@@H](NC(=O)OCc1ccccc1)C(C)CC. The topological polar surface area (TPSA) is 67.4 Å². The molecular formula is C20H32N2O3. The molecule has 0 spiro atoms. The van der Waals surface area contributed by atoms with Crippen LogP contribution in [-0.4, -0.2) is 24.1 Å². The molecule has 5 heteroatoms. The molecule has 3 unspecified atom stereocenters. The first-order valence-electron chi connectivity index (χ1n) is 9.16. The number of alkyl carbamates (subject to hydrolysis) is 1. The molecule has 0 heterocycles. The Balaban J connectivity index is 2.62. The summed E-state index contributed by atoms with van der Waals surface area (Å²) in [5.41, 5.74) is 0.910. The van der Waals surface area contributed by atoms with E-state index in [2.05, 4.69) is 24.5 Å². The number of rotatable bonds is 9. The summed E-state index contributed by atoms with van der Waals surface area (Å²) in [5.74, 6) is 0.249. The minimum atomic E-state index is -0.597. The molecule has 0 fully saturated rings. The first kappa shape index (κ1) is 21.0. The lowest BCUT2D eigenvalue weighted by molar-refractivity contribution is -0.125. The van der Waals surface area contributed by atoms with Gasteiger partial charge in [0.1, 0.15) is 12.6 Å². The fraction of sp³-hybridized carbons (Fsp3) is 0.600. The standard InChI is InChI=1S/C20H32N2O3/c1-6-14(3)16(5)21-19(23)18(15(4)7-2)22-20(24)25-13-17-11-9-8-10-12-17/h8-12,14-16,18H,6-7,13H2,1-5H3,(H,21,23)(H,22,24)/t14?,15?,16?,18-/m0/s1. The summed E-state index contributed by atoms with van der Waals surface area (Å²) in [6, 6.07) is 8.93. The van der Waals surface area contributed by atoms with Crippen LogP contribution in [0.15, 0.2) is 30.3 Å². The van der Waals surface area contributed by atoms with Crippen molar-refractivity contribution >= 4 is 12.0 Å². The van der Waals surface area contributed by atoms with Crippen molar-refractivity contribution in [1.82, 2.24) is 10.6 Å². The van der Waals surface area contributed by atoms with Crippen molar-refractivity contribution in [3.05, 3.63) is 35.9 Å². The molecule has 5 nitrogen and oxygen atoms in total. The number of benzene rings is 1. The van der Waals surface area contributed by atoms with Gasteiger partial charge in [0.25, 0.3) is 0 Å². The minimum absolute atomic E-state index is 0.0217. The van der Waals surface area contributed by atoms with Crippen LogP contribution in [0.3, 0.4) is 0 Å². The van der Waals surface area contributed by atoms with Crippen LogP contribution in [0, 0.1) is 11.8 Å². The molecule has 2 amide bonds. The van der Waals surface area contributed by atoms with E-state index in [1.807, 2.05) is 51.1 Å². The van der Waals surface area contributed by atoms with Crippen molar-refractivity contribution in [2.75, 3.05) is 0 Å². The van der Waals surface area contributed by atoms with Crippen molar-refractivity contribution in [3.8, 4) is 0 Å². The Kier molecular flexibility index (Phi) is 9.03. The molecule has 0 bridgehead atoms. The predicted octanol–water partition coefficient (Wildman–Crippen LogP) is 3.88. The first-order chi connectivity index (χ1) is 11.9. The van der Waals surface area contributed by atoms with Gasteiger partial charge < -0.3 is 15.4 Å². The van der Waals surface area contributed by atoms with Crippen molar-refractivity contribution < 1.29 is 14.3 Å². The molecular weight excluding hydrogens is 316 g/mol. The van der Waals surface area contributed by atoms with E-state index < -0.39 is 12.1 Å². The van der Waals surface area contributed by atoms with E-state index in [1.54, 1.807) is 0 Å². The maximum absolute atomic E-state index is 12.6. The number of nitrogens with one attached hydrogen (secondary N) is 2. The summed E-state index contributed by atoms with van der Waals surface area (Å²) in [7, 11) is 0. The Hall–Kier alpha value is -2.04. The van der Waals surface area contributed by atoms with Gasteiger partial charge in [0, 0.05) is 6.04 Å². The third-order valence-corrected chi connectivity index (χ3v) is 4.85. The Labute approximate surface area is 151 Å². The second kappa shape index (κ2) is 10.7. The lowest BCUT2D eigenvalue weighted by Gasteiger charge is -2.27. The summed E-state index contributed by atoms with van der Waals surface area (Å²) < 4.78 is 5.25. The summed E-state index contributed by atoms with van der Waals surface area (Å²) in [4.78, 5) is 24.7. The van der Waals surface area contributed by atoms with Gasteiger partial charge in [-0.2, -0.15) is 0 Å². The second-order valence-corrected chi connectivity index (χ2v) is 6.75. The molecule has 25 heavy (non-hydrogen) atoms. The van der Waals surface area contributed by atoms with Gasteiger partial charge in [-0.25, -0.2) is 4.79 Å². The predicted molar refractivity (Wildman–Crippen MR) is 100 cm³/mol. The van der Waals surface area contributed by atoms with E-state index in [1.165, 1.54) is 0 Å². The van der Waals surface area contributed by atoms with Crippen LogP contribution in [0.25, 0.3) is 0 Å². The lowest BCUT2D eigenvalue weighted by Crippen LogP contribution is -2.53. The molecule has 0 radical (unpaired) electrons. The summed E-state index contributed by atoms with van der Waals surface area (Å²) in [5, 5.41) is 5.74. The van der Waals surface area contributed by atoms with Crippen LogP contribution < -0.4 is 10.6 Å². The van der Waals surface area contributed by atoms with Crippen molar-refractivity contribution in [1.29, 1.82) is 0 Å². The molecule has 0 aromatic heterocycles. The lowest BCUT2D eigenvalue weighted by atomic mass is 9.96. The zero-order valence-corrected chi connectivity index (χ0v) is 16.0. The van der Waals surface area contributed by atoms with Crippen LogP contribution in [-0.2, 0) is 16.1 Å². The van der Waals surface area contributed by atoms with Crippen LogP contribution in [0.5, 0.6) is 0 Å². The van der Waals surface area contributed by atoms with Crippen LogP contribution in [0.2, 0.25) is 0 Å². The molecule has 0 aliphatic carbocycles. The minimum Gasteiger partial charge on any atom is -0.445 e. The van der Waals surface area contributed by atoms with Crippen molar-refractivity contribution in [2.24, 2.45) is 11.8 Å². The number of carbonyl (C=O) groups is 2. The van der Waals surface area contributed by atoms with Crippen molar-refractivity contribution in [3.63, 3.8) is 0 Å². The Bertz CT molecular complexity index is 533. The monoisotopic (exact) mass is 348 g/mol. The van der Waals surface area contributed by atoms with Crippen LogP contribution in [0.1, 0.15) is 53.0 Å². The van der Waals surface area contributed by atoms with Gasteiger partial charge in [-0.1, -0.05) is 70.9 Å². The van der Waals surface area contributed by atoms with Gasteiger partial charge >= 0.3 is 6.09 Å². The highest BCUT2D eigenvalue weighted by Gasteiger charge is 2.28. The molecule has 2 N–H and O–H groups in total. The van der Waals surface area contributed by atoms with E-state index in [9.17, 15) is 9.59 Å². The molecule has 0 saturated carbocycles. The van der Waals surface area contributed by atoms with E-state index in [0.29, 0.717) is 5.92 Å². The van der Waals surface area contributed by atoms with Gasteiger partial charge in [0.05, 0.1) is 0 Å². The fourth-order valence-electron chi connectivity index (χ4n) is 2.40. The number of hydrogen-bond donors (Lipinski definition) is 2. The quantitative estimate of drug-likeness (QED) is 0.712. The Morgan fingerprint density at radius 2 is 1.56 bits per heavy atom. The zero-order valence-electron chi connectivity index (χ0n) is 16.0. The molecule has 1 aromatic carbocycles. The van der Waals surface area contributed by atoms with Gasteiger partial charge in [-0.3, -0.25) is 4.79 Å². The number of carbonyl (C=O) groups excluding carboxylic acids is 2. The van der Waals surface area contributed by atoms with Crippen LogP contribution in [0.4, 0.5) is 4.79 Å². The molecule has 0 aliphatic rings. The third-order valence-electron chi connectivity index (χ3n) is 4.85. The molecule has 0 aliphatic heterocycles. The average Bonchev–Trinajstić information content (AvgIpc) is 2.63. The Morgan fingerprint density at radius 1 is 0.960 bits per heavy atom. The zero-order chi connectivity index (χ0) is 18.8. The van der Waals surface area contributed by atoms with E-state index in [4.69, 9.17) is 4.74 Å². The van der Waals surface area contributed by atoms with Gasteiger partial charge in [-0.05, 0) is 24.3 Å². The fourth-order valence-corrected chi connectivity index (χ4v) is 2.40. The smallest absolute Gasteiger partial charge is 0.408 e. The molecule has 1 rings (SSSR count). The maximum Gasteiger partial charge on any atom is 0.408 e. The molecule has 0 saturated heterocycles. The molecule has 140 valence electrons. The van der Waals surface area contributed by atoms with Crippen molar-refractivity contribution in [2.45, 2.75) is 66.2 Å². The van der Waals surface area contributed by atoms with E-state index >= 15 is 0 Å². The van der Waals surface area contributed by atoms with Crippen LogP contribution >= 0.6 is 0 Å². The average molecular weight is 348 g/mol. The maximum atomic E-state index is 12.6. The Morgan fingerprint density at radius 3 is 2.12 bits per heavy atom. The van der Waals surface area contributed by atoms with Gasteiger partial charge in [-0.15, -0.1) is 0 Å². The highest BCUT2D eigenvalue weighted by atomic mass is 16.5. The highest BCUT2D eigenvalue weighted by molar-refractivity contribution is 5.86. The van der Waals surface area contributed by atoms with Gasteiger partial charge in [0.2, 0.25) is 5.91 Å². The van der Waals surface area contributed by atoms with E-state index in [0.717, 1.165) is 18.4 Å². The number of amides is 2. The highest BCUT2D eigenvalue weighted by Crippen LogP contribution is 2.12. The number of ether oxygens (including phenoxy) is 1. The summed E-state index contributed by atoms with van der Waals surface area (Å²) >= 11 is 0. The molecule has 1 aromatic rings. The normalized spacial score (nSPS) is 15.6. The first-order valence-corrected chi connectivity index (χ1v) is 9.16. The van der Waals surface area contributed by atoms with Gasteiger partial charge in [0.15, 0.2) is 0 Å². The molecule has 4 atom stereocenters. The largest absolute Gasteiger partial charge is 0.445 e. The summed E-state index contributed by atoms with van der Waals surface area (Å²) in [6.07, 6.45) is 1.21. The number of hydrogen-bond acceptors (Lipinski definition) is 3.